The van der Waals surface area contributed by atoms with Gasteiger partial charge in [-0.05, 0) is 271 Å². The molecule has 0 saturated carbocycles. The molecule has 0 bridgehead atoms. The molecule has 5 fully saturated rings. The third kappa shape index (κ3) is 21.1. The van der Waals surface area contributed by atoms with Gasteiger partial charge in [-0.25, -0.2) is 0 Å². The molecule has 640 valence electrons. The SMILES string of the molecule is [2H]C([2H])([2H])C([2H])(C)C([2H])([2H])C1([2H])CN2C([2H])([2H])C([2H])([2H])c3cc(OC)c(OC)cc3C2([2H])C([2H])([2H])C1([2H])O.[2H]C([2H])([2H])C([2H])(C)C([2H])([2H])C1([2H])CN2C([2H])([2H])C([2H])([2H])c3cc(OC)c(OC)cc3C2([2H])C([2H])([2H])C1([2H])O.[2H]C([2H])([2H])Oc1cc2c(cc1OC)C([2H])([2H])C([2H])([2H])N1CC([2H])(C([2H])([2H])C([2H])(C)C([2H])([2H])[2H])C([2H])(O)C([2H])([2H])C21[2H].[2H]C([2H])([2H])Oc1cc2c(cc1OC)C([2H])([2H])C([2H])([2H])N1CC([2H])(C([2H])([2H])C([2H])(C)C([2H])([2H])[2H])C([2H])(O)C([2H])([2H])C21[2H].[2H]C([2H])([2H])Oc1cc2c(cc1OC)C([2H])([2H])C([2H])([2H])N1CC([2H])(CC(C)C)C([2H])(O)C([2H])([2H])C21[2H]. The maximum absolute atomic E-state index is 11.4. The number of rotatable bonds is 20. The van der Waals surface area contributed by atoms with Gasteiger partial charge in [0.15, 0.2) is 57.5 Å². The van der Waals surface area contributed by atoms with Crippen LogP contribution < -0.4 is 47.4 Å². The summed E-state index contributed by atoms with van der Waals surface area (Å²) < 4.78 is 704. The molecule has 5 aromatic rings. The molecule has 20 heteroatoms. The van der Waals surface area contributed by atoms with Crippen LogP contribution in [0.2, 0.25) is 0 Å². The fourth-order valence-corrected chi connectivity index (χ4v) is 12.7. The molecule has 10 aliphatic rings. The van der Waals surface area contributed by atoms with Crippen LogP contribution in [0, 0.1) is 59.0 Å². The molecule has 0 spiro atoms. The Bertz CT molecular complexity index is 7420. The quantitative estimate of drug-likeness (QED) is 0.0491. The van der Waals surface area contributed by atoms with Crippen molar-refractivity contribution in [1.29, 1.82) is 0 Å². The van der Waals surface area contributed by atoms with Gasteiger partial charge in [0, 0.05) is 176 Å². The lowest BCUT2D eigenvalue weighted by Gasteiger charge is -2.46. The largest absolute Gasteiger partial charge is 0.493 e. The molecular formula is C95H145N5O15. The molecular weight excluding hydrogens is 1450 g/mol. The standard InChI is InChI=1S/5C19H29NO3/c5*1-12(2)7-14-11-20-6-5-13-8-18(22-3)19(23-4)9-15(13)16(20)10-17(14)21/h5*8-9,12,14,16-17,21H,5-7,10-11H2,1-4H3/i2*1D3,4D3,5D2,6D2,7D2,10D2,12D,14D,16D,17D;2*1D3,5D2,6D2,7D2,10D2,12D,14D,16D,17D;4D3,5D2,6D2,10D2,14D,16D,17D. The lowest BCUT2D eigenvalue weighted by atomic mass is 9.79. The van der Waals surface area contributed by atoms with Crippen LogP contribution >= 0.6 is 0 Å². The Balaban J connectivity index is 0.000000223. The maximum atomic E-state index is 11.4. The first-order valence-corrected chi connectivity index (χ1v) is 34.9. The number of aryl methyl sites for hydroxylation is 5. The van der Waals surface area contributed by atoms with E-state index in [4.69, 9.17) is 147 Å². The number of hydrogen-bond donors (Lipinski definition) is 5. The molecule has 0 radical (unpaired) electrons. The smallest absolute Gasteiger partial charge is 0.161 e. The van der Waals surface area contributed by atoms with E-state index >= 15 is 0 Å². The van der Waals surface area contributed by atoms with Crippen LogP contribution in [-0.4, -0.2) is 217 Å². The first-order chi connectivity index (χ1) is 84.6. The average molecular weight is 1680 g/mol. The van der Waals surface area contributed by atoms with Crippen LogP contribution in [0.1, 0.15) is 325 Å². The fraction of sp³-hybridized carbons (Fsp3) is 0.684. The maximum Gasteiger partial charge on any atom is 0.161 e. The second-order valence-electron chi connectivity index (χ2n) is 26.3. The molecule has 115 heavy (non-hydrogen) atoms. The van der Waals surface area contributed by atoms with E-state index in [1.165, 1.54) is 28.4 Å². The van der Waals surface area contributed by atoms with Crippen molar-refractivity contribution in [2.24, 2.45) is 59.0 Å². The minimum absolute atomic E-state index is 0.0529. The summed E-state index contributed by atoms with van der Waals surface area (Å²) in [6.07, 6.45) is -69.1. The number of ether oxygens (including phenoxy) is 10. The summed E-state index contributed by atoms with van der Waals surface area (Å²) in [6.45, 7) is -32.4. The zero-order valence-electron chi connectivity index (χ0n) is 143. The zero-order valence-corrected chi connectivity index (χ0v) is 64.6. The number of piperidine rings is 5. The lowest BCUT2D eigenvalue weighted by Crippen LogP contribution is -2.48. The average Bonchev–Trinajstić information content (AvgIpc) is 0.677. The van der Waals surface area contributed by atoms with Gasteiger partial charge in [0.2, 0.25) is 0 Å². The van der Waals surface area contributed by atoms with Crippen molar-refractivity contribution in [3.63, 3.8) is 0 Å². The van der Waals surface area contributed by atoms with E-state index in [9.17, 15) is 32.4 Å². The molecule has 19 unspecified atom stereocenters. The third-order valence-electron chi connectivity index (χ3n) is 17.8. The Morgan fingerprint density at radius 3 is 0.713 bits per heavy atom. The van der Waals surface area contributed by atoms with E-state index in [0.717, 1.165) is 69.9 Å². The van der Waals surface area contributed by atoms with Gasteiger partial charge in [-0.3, -0.25) is 24.5 Å². The van der Waals surface area contributed by atoms with Gasteiger partial charge in [-0.15, -0.1) is 0 Å². The van der Waals surface area contributed by atoms with Crippen molar-refractivity contribution in [3.05, 3.63) is 116 Å². The first kappa shape index (κ1) is 32.6. The van der Waals surface area contributed by atoms with E-state index in [-0.39, 0.29) is 60.7 Å². The number of benzene rings is 5. The molecule has 0 aromatic heterocycles. The highest BCUT2D eigenvalue weighted by molar-refractivity contribution is 5.54. The highest BCUT2D eigenvalue weighted by Gasteiger charge is 2.45. The molecule has 10 aliphatic heterocycles. The third-order valence-corrected chi connectivity index (χ3v) is 17.8. The van der Waals surface area contributed by atoms with E-state index in [1.807, 2.05) is 0 Å². The van der Waals surface area contributed by atoms with Crippen LogP contribution in [0.15, 0.2) is 60.7 Å². The molecule has 20 nitrogen and oxygen atoms in total. The monoisotopic (exact) mass is 1670 g/mol. The number of aliphatic hydroxyl groups is 5. The van der Waals surface area contributed by atoms with Crippen molar-refractivity contribution in [2.45, 2.75) is 225 Å². The molecule has 5 N–H and O–H groups in total. The van der Waals surface area contributed by atoms with Gasteiger partial charge in [0.05, 0.1) is 127 Å². The Morgan fingerprint density at radius 1 is 0.330 bits per heavy atom. The molecule has 5 aromatic carbocycles. The van der Waals surface area contributed by atoms with Crippen molar-refractivity contribution in [3.8, 4) is 57.5 Å². The Labute approximate surface area is 799 Å². The van der Waals surface area contributed by atoms with Crippen molar-refractivity contribution in [1.82, 2.24) is 24.5 Å². The summed E-state index contributed by atoms with van der Waals surface area (Å²) in [7, 11) is -1.22. The predicted octanol–water partition coefficient (Wildman–Crippen LogP) is 15.1. The normalized spacial score (nSPS) is 56.9. The summed E-state index contributed by atoms with van der Waals surface area (Å²) in [5, 5.41) is 56.5. The Kier molecular flexibility index (Phi) is 11.5. The summed E-state index contributed by atoms with van der Waals surface area (Å²) in [6, 6.07) is -7.39. The predicted molar refractivity (Wildman–Crippen MR) is 456 cm³/mol. The number of nitrogens with zero attached hydrogens (tertiary/aromatic N) is 5. The van der Waals surface area contributed by atoms with Gasteiger partial charge in [-0.2, -0.15) is 0 Å². The molecule has 10 heterocycles. The van der Waals surface area contributed by atoms with Crippen LogP contribution in [0.3, 0.4) is 0 Å². The van der Waals surface area contributed by atoms with Gasteiger partial charge in [0.25, 0.3) is 0 Å². The number of fused-ring (bicyclic) bond motifs is 15. The molecule has 0 amide bonds. The summed E-state index contributed by atoms with van der Waals surface area (Å²) in [4.78, 5) is 0.983. The fourth-order valence-electron chi connectivity index (χ4n) is 12.7. The van der Waals surface area contributed by atoms with E-state index < -0.39 is 401 Å². The molecule has 15 rings (SSSR count). The van der Waals surface area contributed by atoms with Crippen LogP contribution in [0.4, 0.5) is 0 Å². The molecule has 19 atom stereocenters. The van der Waals surface area contributed by atoms with Crippen molar-refractivity contribution >= 4 is 0 Å². The summed E-state index contributed by atoms with van der Waals surface area (Å²) in [5.41, 5.74) is -6.55. The highest BCUT2D eigenvalue weighted by atomic mass is 16.5. The van der Waals surface area contributed by atoms with Gasteiger partial charge in [0.1, 0.15) is 0 Å². The minimum Gasteiger partial charge on any atom is -0.493 e. The van der Waals surface area contributed by atoms with Crippen LogP contribution in [0.25, 0.3) is 0 Å². The molecule has 5 saturated heterocycles. The van der Waals surface area contributed by atoms with Crippen molar-refractivity contribution < 1.29 is 180 Å². The summed E-state index contributed by atoms with van der Waals surface area (Å²) >= 11 is 0. The second kappa shape index (κ2) is 40.6. The van der Waals surface area contributed by atoms with E-state index in [1.54, 1.807) is 13.8 Å². The van der Waals surface area contributed by atoms with Gasteiger partial charge < -0.3 is 72.9 Å². The number of methoxy groups -OCH3 is 10. The Morgan fingerprint density at radius 2 is 0.522 bits per heavy atom. The van der Waals surface area contributed by atoms with Gasteiger partial charge in [-0.1, -0.05) is 68.9 Å². The summed E-state index contributed by atoms with van der Waals surface area (Å²) in [5.74, 6) is -33.9. The number of hydrogen-bond acceptors (Lipinski definition) is 20. The van der Waals surface area contributed by atoms with E-state index in [0.29, 0.717) is 44.7 Å². The topological polar surface area (TPSA) is 210 Å². The minimum atomic E-state index is -4.10. The van der Waals surface area contributed by atoms with Crippen molar-refractivity contribution in [2.75, 3.05) is 136 Å². The lowest BCUT2D eigenvalue weighted by molar-refractivity contribution is -0.0192. The Hall–Kier alpha value is -6.30. The van der Waals surface area contributed by atoms with Crippen LogP contribution in [0.5, 0.6) is 57.5 Å². The highest BCUT2D eigenvalue weighted by Crippen LogP contribution is 2.50. The van der Waals surface area contributed by atoms with E-state index in [2.05, 4.69) is 0 Å². The van der Waals surface area contributed by atoms with Crippen LogP contribution in [-0.2, 0) is 31.9 Å². The zero-order chi connectivity index (χ0) is 152. The van der Waals surface area contributed by atoms with Gasteiger partial charge >= 0.3 is 0 Å². The second-order valence-corrected chi connectivity index (χ2v) is 26.3. The first-order valence-electron chi connectivity index (χ1n) is 73.9. The molecule has 0 aliphatic carbocycles.